The smallest absolute Gasteiger partial charge is 0.251 e. The fourth-order valence-corrected chi connectivity index (χ4v) is 4.36. The molecule has 166 valence electrons. The lowest BCUT2D eigenvalue weighted by Gasteiger charge is -2.49. The van der Waals surface area contributed by atoms with Gasteiger partial charge in [0.25, 0.3) is 5.91 Å². The minimum absolute atomic E-state index is 0.0374. The molecule has 1 saturated heterocycles. The zero-order chi connectivity index (χ0) is 22.6. The molecule has 2 aromatic rings. The van der Waals surface area contributed by atoms with Crippen molar-refractivity contribution < 1.29 is 19.1 Å². The fourth-order valence-electron chi connectivity index (χ4n) is 4.36. The van der Waals surface area contributed by atoms with Crippen molar-refractivity contribution in [1.82, 2.24) is 10.2 Å². The highest BCUT2D eigenvalue weighted by atomic mass is 19.1. The average molecular weight is 427 g/mol. The van der Waals surface area contributed by atoms with Gasteiger partial charge >= 0.3 is 0 Å². The van der Waals surface area contributed by atoms with Gasteiger partial charge in [0.1, 0.15) is 5.82 Å². The van der Waals surface area contributed by atoms with Gasteiger partial charge in [-0.3, -0.25) is 9.59 Å². The van der Waals surface area contributed by atoms with E-state index in [1.54, 1.807) is 11.8 Å². The standard InChI is InChI=1S/C25H31FN2O3/c1-4-17(5-2)24(30)28-16-15-25(3,31)22(21(28)18-9-7-6-8-10-18)27-23(29)19-11-13-20(26)14-12-19/h6-14,17,21-22,31H,4-5,15-16H2,1-3H3,(H,27,29)/t21-,22-,25+/m0/s1. The van der Waals surface area contributed by atoms with Crippen LogP contribution in [0.1, 0.15) is 62.0 Å². The molecule has 1 aliphatic rings. The predicted octanol–water partition coefficient (Wildman–Crippen LogP) is 4.08. The first-order chi connectivity index (χ1) is 14.8. The van der Waals surface area contributed by atoms with Crippen LogP contribution >= 0.6 is 0 Å². The van der Waals surface area contributed by atoms with Crippen LogP contribution < -0.4 is 5.32 Å². The zero-order valence-corrected chi connectivity index (χ0v) is 18.3. The van der Waals surface area contributed by atoms with Crippen molar-refractivity contribution in [3.8, 4) is 0 Å². The number of nitrogens with zero attached hydrogens (tertiary/aromatic N) is 1. The quantitative estimate of drug-likeness (QED) is 0.731. The first kappa shape index (κ1) is 22.9. The fraction of sp³-hybridized carbons (Fsp3) is 0.440. The normalized spacial score (nSPS) is 23.6. The zero-order valence-electron chi connectivity index (χ0n) is 18.3. The molecule has 0 bridgehead atoms. The molecule has 0 saturated carbocycles. The number of piperidine rings is 1. The molecule has 5 nitrogen and oxygen atoms in total. The van der Waals surface area contributed by atoms with Gasteiger partial charge in [-0.1, -0.05) is 44.2 Å². The van der Waals surface area contributed by atoms with E-state index in [9.17, 15) is 19.1 Å². The summed E-state index contributed by atoms with van der Waals surface area (Å²) in [7, 11) is 0. The number of amides is 2. The SMILES string of the molecule is CCC(CC)C(=O)N1CC[C@@](C)(O)[C@@H](NC(=O)c2ccc(F)cc2)[C@@H]1c1ccccc1. The predicted molar refractivity (Wildman–Crippen MR) is 118 cm³/mol. The summed E-state index contributed by atoms with van der Waals surface area (Å²) in [6.07, 6.45) is 1.81. The molecule has 1 aliphatic heterocycles. The number of hydrogen-bond donors (Lipinski definition) is 2. The number of carbonyl (C=O) groups is 2. The average Bonchev–Trinajstić information content (AvgIpc) is 2.76. The van der Waals surface area contributed by atoms with Crippen LogP contribution in [-0.2, 0) is 4.79 Å². The van der Waals surface area contributed by atoms with E-state index in [1.807, 2.05) is 44.2 Å². The van der Waals surface area contributed by atoms with E-state index >= 15 is 0 Å². The minimum Gasteiger partial charge on any atom is -0.388 e. The van der Waals surface area contributed by atoms with Crippen LogP contribution in [0.5, 0.6) is 0 Å². The number of hydrogen-bond acceptors (Lipinski definition) is 3. The molecule has 2 amide bonds. The van der Waals surface area contributed by atoms with E-state index in [2.05, 4.69) is 5.32 Å². The number of carbonyl (C=O) groups excluding carboxylic acids is 2. The molecule has 1 heterocycles. The van der Waals surface area contributed by atoms with Crippen molar-refractivity contribution in [3.05, 3.63) is 71.5 Å². The molecule has 0 spiro atoms. The van der Waals surface area contributed by atoms with Gasteiger partial charge in [0.05, 0.1) is 17.7 Å². The highest BCUT2D eigenvalue weighted by Gasteiger charge is 2.48. The summed E-state index contributed by atoms with van der Waals surface area (Å²) in [4.78, 5) is 28.2. The van der Waals surface area contributed by atoms with Gasteiger partial charge in [0.15, 0.2) is 0 Å². The van der Waals surface area contributed by atoms with Crippen LogP contribution in [0.25, 0.3) is 0 Å². The molecule has 31 heavy (non-hydrogen) atoms. The summed E-state index contributed by atoms with van der Waals surface area (Å²) in [5.74, 6) is -0.911. The molecule has 2 N–H and O–H groups in total. The lowest BCUT2D eigenvalue weighted by atomic mass is 9.78. The highest BCUT2D eigenvalue weighted by molar-refractivity contribution is 5.94. The van der Waals surface area contributed by atoms with Crippen LogP contribution in [-0.4, -0.2) is 40.0 Å². The Morgan fingerprint density at radius 3 is 2.32 bits per heavy atom. The lowest BCUT2D eigenvalue weighted by molar-refractivity contribution is -0.147. The van der Waals surface area contributed by atoms with E-state index < -0.39 is 29.4 Å². The number of aliphatic hydroxyl groups is 1. The Hall–Kier alpha value is -2.73. The second-order valence-corrected chi connectivity index (χ2v) is 8.47. The second-order valence-electron chi connectivity index (χ2n) is 8.47. The van der Waals surface area contributed by atoms with E-state index in [0.29, 0.717) is 18.5 Å². The molecule has 0 aliphatic carbocycles. The molecule has 0 unspecified atom stereocenters. The van der Waals surface area contributed by atoms with Crippen molar-refractivity contribution in [2.24, 2.45) is 5.92 Å². The number of benzene rings is 2. The minimum atomic E-state index is -1.22. The topological polar surface area (TPSA) is 69.6 Å². The first-order valence-electron chi connectivity index (χ1n) is 10.9. The van der Waals surface area contributed by atoms with Crippen molar-refractivity contribution in [2.45, 2.75) is 57.7 Å². The van der Waals surface area contributed by atoms with Gasteiger partial charge in [-0.15, -0.1) is 0 Å². The maximum Gasteiger partial charge on any atom is 0.251 e. The monoisotopic (exact) mass is 426 g/mol. The van der Waals surface area contributed by atoms with Crippen LogP contribution in [0.4, 0.5) is 4.39 Å². The molecule has 0 radical (unpaired) electrons. The Kier molecular flexibility index (Phi) is 7.11. The van der Waals surface area contributed by atoms with Gasteiger partial charge in [0, 0.05) is 18.0 Å². The van der Waals surface area contributed by atoms with Gasteiger partial charge in [0.2, 0.25) is 5.91 Å². The Morgan fingerprint density at radius 1 is 1.13 bits per heavy atom. The molecule has 3 atom stereocenters. The highest BCUT2D eigenvalue weighted by Crippen LogP contribution is 2.38. The number of rotatable bonds is 6. The van der Waals surface area contributed by atoms with Crippen molar-refractivity contribution in [1.29, 1.82) is 0 Å². The van der Waals surface area contributed by atoms with Crippen molar-refractivity contribution in [3.63, 3.8) is 0 Å². The molecule has 6 heteroatoms. The summed E-state index contributed by atoms with van der Waals surface area (Å²) in [6.45, 7) is 6.09. The Labute approximate surface area is 183 Å². The van der Waals surface area contributed by atoms with E-state index in [-0.39, 0.29) is 11.8 Å². The van der Waals surface area contributed by atoms with E-state index in [1.165, 1.54) is 24.3 Å². The van der Waals surface area contributed by atoms with Crippen LogP contribution in [0.3, 0.4) is 0 Å². The Morgan fingerprint density at radius 2 is 1.74 bits per heavy atom. The summed E-state index contributed by atoms with van der Waals surface area (Å²) >= 11 is 0. The number of nitrogens with one attached hydrogen (secondary N) is 1. The summed E-state index contributed by atoms with van der Waals surface area (Å²) in [5, 5.41) is 14.2. The third-order valence-corrected chi connectivity index (χ3v) is 6.33. The summed E-state index contributed by atoms with van der Waals surface area (Å²) in [5.41, 5.74) is -0.0698. The molecule has 0 aromatic heterocycles. The van der Waals surface area contributed by atoms with Crippen molar-refractivity contribution >= 4 is 11.8 Å². The van der Waals surface area contributed by atoms with E-state index in [4.69, 9.17) is 0 Å². The maximum absolute atomic E-state index is 13.4. The van der Waals surface area contributed by atoms with Gasteiger partial charge < -0.3 is 15.3 Å². The first-order valence-corrected chi connectivity index (χ1v) is 10.9. The lowest BCUT2D eigenvalue weighted by Crippen LogP contribution is -2.63. The Balaban J connectivity index is 2.00. The molecule has 1 fully saturated rings. The largest absolute Gasteiger partial charge is 0.388 e. The maximum atomic E-state index is 13.4. The van der Waals surface area contributed by atoms with Gasteiger partial charge in [-0.25, -0.2) is 4.39 Å². The number of likely N-dealkylation sites (tertiary alicyclic amines) is 1. The van der Waals surface area contributed by atoms with Crippen LogP contribution in [0.2, 0.25) is 0 Å². The Bertz CT molecular complexity index is 895. The van der Waals surface area contributed by atoms with E-state index in [0.717, 1.165) is 18.4 Å². The van der Waals surface area contributed by atoms with Gasteiger partial charge in [-0.2, -0.15) is 0 Å². The molecular formula is C25H31FN2O3. The molecule has 3 rings (SSSR count). The van der Waals surface area contributed by atoms with Gasteiger partial charge in [-0.05, 0) is 56.0 Å². The van der Waals surface area contributed by atoms with Crippen LogP contribution in [0.15, 0.2) is 54.6 Å². The van der Waals surface area contributed by atoms with Crippen molar-refractivity contribution in [2.75, 3.05) is 6.54 Å². The third-order valence-electron chi connectivity index (χ3n) is 6.33. The van der Waals surface area contributed by atoms with Crippen LogP contribution in [0, 0.1) is 11.7 Å². The second kappa shape index (κ2) is 9.60. The molecule has 2 aromatic carbocycles. The summed E-state index contributed by atoms with van der Waals surface area (Å²) in [6, 6.07) is 13.5. The summed E-state index contributed by atoms with van der Waals surface area (Å²) < 4.78 is 13.3. The molecular weight excluding hydrogens is 395 g/mol. The number of halogens is 1. The third kappa shape index (κ3) is 4.96.